The number of rotatable bonds is 3. The minimum atomic E-state index is -0.705. The molecular formula is C17H21BrN2O4. The average Bonchev–Trinajstić information content (AvgIpc) is 2.57. The number of piperidine rings is 1. The molecule has 0 saturated carbocycles. The maximum absolute atomic E-state index is 12.4. The van der Waals surface area contributed by atoms with Crippen LogP contribution in [0.25, 0.3) is 0 Å². The van der Waals surface area contributed by atoms with Gasteiger partial charge < -0.3 is 15.0 Å². The van der Waals surface area contributed by atoms with Crippen LogP contribution in [-0.4, -0.2) is 42.4 Å². The van der Waals surface area contributed by atoms with Gasteiger partial charge in [0.05, 0.1) is 18.2 Å². The summed E-state index contributed by atoms with van der Waals surface area (Å²) in [6.45, 7) is 4.68. The molecule has 0 aromatic heterocycles. The van der Waals surface area contributed by atoms with Crippen LogP contribution in [0.15, 0.2) is 22.7 Å². The molecule has 1 saturated heterocycles. The van der Waals surface area contributed by atoms with Crippen molar-refractivity contribution in [3.8, 4) is 0 Å². The lowest BCUT2D eigenvalue weighted by Gasteiger charge is -2.31. The third-order valence-electron chi connectivity index (χ3n) is 3.90. The highest BCUT2D eigenvalue weighted by molar-refractivity contribution is 9.10. The van der Waals surface area contributed by atoms with Gasteiger partial charge in [0, 0.05) is 17.6 Å². The van der Waals surface area contributed by atoms with E-state index in [1.807, 2.05) is 19.1 Å². The highest BCUT2D eigenvalue weighted by Gasteiger charge is 2.32. The highest BCUT2D eigenvalue weighted by atomic mass is 79.9. The molecule has 2 amide bonds. The van der Waals surface area contributed by atoms with E-state index in [0.717, 1.165) is 5.56 Å². The number of hydrogen-bond donors (Lipinski definition) is 1. The number of aryl methyl sites for hydroxylation is 1. The van der Waals surface area contributed by atoms with E-state index in [0.29, 0.717) is 36.2 Å². The molecule has 1 N–H and O–H groups in total. The second-order valence-electron chi connectivity index (χ2n) is 5.78. The van der Waals surface area contributed by atoms with Crippen molar-refractivity contribution in [3.05, 3.63) is 28.2 Å². The summed E-state index contributed by atoms with van der Waals surface area (Å²) in [5, 5.41) is 2.61. The first-order valence-corrected chi connectivity index (χ1v) is 8.74. The van der Waals surface area contributed by atoms with E-state index >= 15 is 0 Å². The molecule has 1 aliphatic heterocycles. The number of nitrogens with zero attached hydrogens (tertiary/aromatic N) is 1. The summed E-state index contributed by atoms with van der Waals surface area (Å²) in [4.78, 5) is 37.8. The molecule has 130 valence electrons. The molecule has 1 fully saturated rings. The second kappa shape index (κ2) is 8.28. The second-order valence-corrected chi connectivity index (χ2v) is 6.63. The summed E-state index contributed by atoms with van der Waals surface area (Å²) >= 11 is 3.37. The predicted molar refractivity (Wildman–Crippen MR) is 93.4 cm³/mol. The van der Waals surface area contributed by atoms with Crippen molar-refractivity contribution in [1.82, 2.24) is 4.90 Å². The van der Waals surface area contributed by atoms with Crippen LogP contribution >= 0.6 is 15.9 Å². The van der Waals surface area contributed by atoms with Crippen LogP contribution in [0.5, 0.6) is 0 Å². The summed E-state index contributed by atoms with van der Waals surface area (Å²) < 4.78 is 5.72. The van der Waals surface area contributed by atoms with Crippen LogP contribution in [-0.2, 0) is 19.1 Å². The average molecular weight is 397 g/mol. The Kier molecular flexibility index (Phi) is 6.36. The molecule has 0 spiro atoms. The van der Waals surface area contributed by atoms with Crippen LogP contribution in [0.2, 0.25) is 0 Å². The van der Waals surface area contributed by atoms with Crippen molar-refractivity contribution < 1.29 is 19.1 Å². The van der Waals surface area contributed by atoms with Crippen molar-refractivity contribution in [1.29, 1.82) is 0 Å². The van der Waals surface area contributed by atoms with Crippen LogP contribution in [0.1, 0.15) is 25.3 Å². The fourth-order valence-corrected chi connectivity index (χ4v) is 3.25. The molecule has 0 bridgehead atoms. The van der Waals surface area contributed by atoms with Gasteiger partial charge in [0.25, 0.3) is 0 Å². The van der Waals surface area contributed by atoms with Crippen LogP contribution in [0, 0.1) is 12.8 Å². The Morgan fingerprint density at radius 2 is 2.12 bits per heavy atom. The van der Waals surface area contributed by atoms with E-state index in [2.05, 4.69) is 21.2 Å². The summed E-state index contributed by atoms with van der Waals surface area (Å²) in [7, 11) is 0. The highest BCUT2D eigenvalue weighted by Crippen LogP contribution is 2.24. The Morgan fingerprint density at radius 3 is 2.79 bits per heavy atom. The normalized spacial score (nSPS) is 17.3. The van der Waals surface area contributed by atoms with Gasteiger partial charge in [-0.15, -0.1) is 0 Å². The van der Waals surface area contributed by atoms with E-state index in [9.17, 15) is 14.4 Å². The van der Waals surface area contributed by atoms with Crippen LogP contribution < -0.4 is 5.32 Å². The lowest BCUT2D eigenvalue weighted by atomic mass is 9.98. The number of esters is 1. The minimum absolute atomic E-state index is 0.222. The van der Waals surface area contributed by atoms with Crippen molar-refractivity contribution in [2.24, 2.45) is 5.92 Å². The standard InChI is InChI=1S/C17H21BrN2O4/c1-3-24-17(23)12-5-4-8-20(10-12)16(22)15(21)19-14-7-6-11(2)9-13(14)18/h6-7,9,12H,3-5,8,10H2,1-2H3,(H,19,21). The first-order chi connectivity index (χ1) is 11.4. The number of ether oxygens (including phenoxy) is 1. The SMILES string of the molecule is CCOC(=O)C1CCCN(C(=O)C(=O)Nc2ccc(C)cc2Br)C1. The molecular weight excluding hydrogens is 376 g/mol. The summed E-state index contributed by atoms with van der Waals surface area (Å²) in [5.41, 5.74) is 1.58. The zero-order valence-electron chi connectivity index (χ0n) is 13.8. The zero-order chi connectivity index (χ0) is 17.7. The quantitative estimate of drug-likeness (QED) is 0.628. The van der Waals surface area contributed by atoms with E-state index in [4.69, 9.17) is 4.74 Å². The Morgan fingerprint density at radius 1 is 1.38 bits per heavy atom. The predicted octanol–water partition coefficient (Wildman–Crippen LogP) is 2.50. The number of halogens is 1. The minimum Gasteiger partial charge on any atom is -0.466 e. The number of hydrogen-bond acceptors (Lipinski definition) is 4. The maximum atomic E-state index is 12.4. The lowest BCUT2D eigenvalue weighted by molar-refractivity contribution is -0.153. The molecule has 1 aromatic rings. The van der Waals surface area contributed by atoms with Crippen molar-refractivity contribution in [2.75, 3.05) is 25.0 Å². The molecule has 24 heavy (non-hydrogen) atoms. The third-order valence-corrected chi connectivity index (χ3v) is 4.55. The molecule has 6 nitrogen and oxygen atoms in total. The maximum Gasteiger partial charge on any atom is 0.313 e. The number of nitrogens with one attached hydrogen (secondary N) is 1. The van der Waals surface area contributed by atoms with Gasteiger partial charge in [-0.25, -0.2) is 0 Å². The van der Waals surface area contributed by atoms with Gasteiger partial charge in [-0.3, -0.25) is 14.4 Å². The first-order valence-electron chi connectivity index (χ1n) is 7.95. The van der Waals surface area contributed by atoms with Crippen LogP contribution in [0.4, 0.5) is 5.69 Å². The Hall–Kier alpha value is -1.89. The van der Waals surface area contributed by atoms with E-state index in [1.54, 1.807) is 13.0 Å². The van der Waals surface area contributed by atoms with Gasteiger partial charge in [0.2, 0.25) is 0 Å². The summed E-state index contributed by atoms with van der Waals surface area (Å²) in [5.74, 6) is -2.00. The molecule has 7 heteroatoms. The Bertz CT molecular complexity index is 647. The Balaban J connectivity index is 1.99. The summed E-state index contributed by atoms with van der Waals surface area (Å²) in [6, 6.07) is 5.45. The topological polar surface area (TPSA) is 75.7 Å². The molecule has 1 atom stereocenters. The Labute approximate surface area is 149 Å². The molecule has 0 aliphatic carbocycles. The third kappa shape index (κ3) is 4.56. The molecule has 1 aliphatic rings. The number of anilines is 1. The van der Waals surface area contributed by atoms with Crippen LogP contribution in [0.3, 0.4) is 0 Å². The van der Waals surface area contributed by atoms with E-state index in [1.165, 1.54) is 4.90 Å². The van der Waals surface area contributed by atoms with Crippen molar-refractivity contribution in [2.45, 2.75) is 26.7 Å². The fraction of sp³-hybridized carbons (Fsp3) is 0.471. The lowest BCUT2D eigenvalue weighted by Crippen LogP contribution is -2.47. The van der Waals surface area contributed by atoms with Gasteiger partial charge in [-0.05, 0) is 60.3 Å². The molecule has 1 unspecified atom stereocenters. The van der Waals surface area contributed by atoms with Crippen molar-refractivity contribution >= 4 is 39.4 Å². The molecule has 1 aromatic carbocycles. The van der Waals surface area contributed by atoms with Gasteiger partial charge in [-0.2, -0.15) is 0 Å². The zero-order valence-corrected chi connectivity index (χ0v) is 15.4. The number of amides is 2. The van der Waals surface area contributed by atoms with Gasteiger partial charge in [0.1, 0.15) is 0 Å². The number of carbonyl (C=O) groups excluding carboxylic acids is 3. The summed E-state index contributed by atoms with van der Waals surface area (Å²) in [6.07, 6.45) is 1.35. The fourth-order valence-electron chi connectivity index (χ4n) is 2.66. The van der Waals surface area contributed by atoms with Crippen molar-refractivity contribution in [3.63, 3.8) is 0 Å². The van der Waals surface area contributed by atoms with E-state index < -0.39 is 11.8 Å². The monoisotopic (exact) mass is 396 g/mol. The first kappa shape index (κ1) is 18.4. The van der Waals surface area contributed by atoms with Gasteiger partial charge in [-0.1, -0.05) is 6.07 Å². The largest absolute Gasteiger partial charge is 0.466 e. The molecule has 0 radical (unpaired) electrons. The smallest absolute Gasteiger partial charge is 0.313 e. The number of benzene rings is 1. The van der Waals surface area contributed by atoms with Gasteiger partial charge >= 0.3 is 17.8 Å². The molecule has 1 heterocycles. The van der Waals surface area contributed by atoms with Gasteiger partial charge in [0.15, 0.2) is 0 Å². The number of carbonyl (C=O) groups is 3. The molecule has 2 rings (SSSR count). The number of likely N-dealkylation sites (tertiary alicyclic amines) is 1. The van der Waals surface area contributed by atoms with E-state index in [-0.39, 0.29) is 18.4 Å².